The molecule has 1 heterocycles. The van der Waals surface area contributed by atoms with Gasteiger partial charge in [0.2, 0.25) is 0 Å². The minimum atomic E-state index is -0.715. The van der Waals surface area contributed by atoms with E-state index in [9.17, 15) is 9.90 Å². The van der Waals surface area contributed by atoms with Crippen LogP contribution in [0.15, 0.2) is 60.0 Å². The molecule has 0 bridgehead atoms. The predicted molar refractivity (Wildman–Crippen MR) is 96.0 cm³/mol. The van der Waals surface area contributed by atoms with E-state index in [0.717, 1.165) is 21.8 Å². The van der Waals surface area contributed by atoms with Crippen LogP contribution in [0.2, 0.25) is 0 Å². The van der Waals surface area contributed by atoms with Gasteiger partial charge in [-0.2, -0.15) is 0 Å². The van der Waals surface area contributed by atoms with Gasteiger partial charge in [-0.1, -0.05) is 42.5 Å². The van der Waals surface area contributed by atoms with Crippen LogP contribution >= 0.6 is 11.3 Å². The molecule has 0 unspecified atom stereocenters. The van der Waals surface area contributed by atoms with Gasteiger partial charge in [-0.25, -0.2) is 4.98 Å². The normalized spacial score (nSPS) is 11.9. The summed E-state index contributed by atoms with van der Waals surface area (Å²) >= 11 is 1.58. The van der Waals surface area contributed by atoms with Gasteiger partial charge in [0.1, 0.15) is 5.01 Å². The molecule has 5 heteroatoms. The number of aliphatic hydroxyl groups is 1. The molecule has 0 spiro atoms. The van der Waals surface area contributed by atoms with Crippen LogP contribution in [0.3, 0.4) is 0 Å². The summed E-state index contributed by atoms with van der Waals surface area (Å²) in [7, 11) is 0. The summed E-state index contributed by atoms with van der Waals surface area (Å²) in [6, 6.07) is 16.6. The van der Waals surface area contributed by atoms with Crippen molar-refractivity contribution in [2.24, 2.45) is 0 Å². The Balaban J connectivity index is 1.61. The van der Waals surface area contributed by atoms with Gasteiger partial charge in [0.25, 0.3) is 5.91 Å². The topological polar surface area (TPSA) is 62.2 Å². The number of aromatic nitrogens is 1. The fourth-order valence-electron chi connectivity index (χ4n) is 2.34. The van der Waals surface area contributed by atoms with Crippen molar-refractivity contribution < 1.29 is 9.90 Å². The van der Waals surface area contributed by atoms with Crippen LogP contribution in [0.4, 0.5) is 0 Å². The van der Waals surface area contributed by atoms with Crippen LogP contribution < -0.4 is 5.32 Å². The minimum Gasteiger partial charge on any atom is -0.387 e. The molecule has 1 aromatic heterocycles. The van der Waals surface area contributed by atoms with E-state index in [4.69, 9.17) is 0 Å². The Morgan fingerprint density at radius 1 is 1.17 bits per heavy atom. The molecule has 3 rings (SSSR count). The van der Waals surface area contributed by atoms with Crippen molar-refractivity contribution in [3.63, 3.8) is 0 Å². The summed E-state index contributed by atoms with van der Waals surface area (Å²) in [4.78, 5) is 16.6. The molecule has 0 radical (unpaired) electrons. The molecule has 0 aliphatic heterocycles. The maximum atomic E-state index is 12.2. The van der Waals surface area contributed by atoms with Crippen molar-refractivity contribution in [1.29, 1.82) is 0 Å². The van der Waals surface area contributed by atoms with Crippen LogP contribution in [0.5, 0.6) is 0 Å². The van der Waals surface area contributed by atoms with Crippen LogP contribution in [0.1, 0.15) is 27.7 Å². The van der Waals surface area contributed by atoms with Gasteiger partial charge < -0.3 is 10.4 Å². The van der Waals surface area contributed by atoms with E-state index in [1.54, 1.807) is 23.5 Å². The smallest absolute Gasteiger partial charge is 0.251 e. The highest BCUT2D eigenvalue weighted by Crippen LogP contribution is 2.23. The van der Waals surface area contributed by atoms with Crippen LogP contribution in [0, 0.1) is 6.92 Å². The number of thiazole rings is 1. The van der Waals surface area contributed by atoms with Crippen LogP contribution in [-0.2, 0) is 0 Å². The number of hydrogen-bond acceptors (Lipinski definition) is 4. The second-order valence-electron chi connectivity index (χ2n) is 5.51. The van der Waals surface area contributed by atoms with Gasteiger partial charge in [0, 0.05) is 28.7 Å². The number of amides is 1. The van der Waals surface area contributed by atoms with Crippen molar-refractivity contribution in [1.82, 2.24) is 10.3 Å². The Hall–Kier alpha value is -2.50. The monoisotopic (exact) mass is 338 g/mol. The van der Waals surface area contributed by atoms with E-state index in [0.29, 0.717) is 5.56 Å². The Kier molecular flexibility index (Phi) is 5.03. The lowest BCUT2D eigenvalue weighted by atomic mass is 10.1. The van der Waals surface area contributed by atoms with Crippen molar-refractivity contribution >= 4 is 17.2 Å². The average Bonchev–Trinajstić information content (AvgIpc) is 3.06. The summed E-state index contributed by atoms with van der Waals surface area (Å²) in [5.74, 6) is -0.202. The highest BCUT2D eigenvalue weighted by atomic mass is 32.1. The first kappa shape index (κ1) is 16.4. The summed E-state index contributed by atoms with van der Waals surface area (Å²) in [6.07, 6.45) is -0.715. The number of aryl methyl sites for hydroxylation is 1. The lowest BCUT2D eigenvalue weighted by Gasteiger charge is -2.12. The van der Waals surface area contributed by atoms with Crippen molar-refractivity contribution in [3.8, 4) is 10.6 Å². The largest absolute Gasteiger partial charge is 0.387 e. The van der Waals surface area contributed by atoms with E-state index in [1.165, 1.54) is 0 Å². The highest BCUT2D eigenvalue weighted by molar-refractivity contribution is 7.13. The number of hydrogen-bond donors (Lipinski definition) is 2. The van der Waals surface area contributed by atoms with E-state index in [1.807, 2.05) is 54.8 Å². The van der Waals surface area contributed by atoms with E-state index < -0.39 is 6.10 Å². The molecule has 0 fully saturated rings. The summed E-state index contributed by atoms with van der Waals surface area (Å²) < 4.78 is 0. The first-order valence-corrected chi connectivity index (χ1v) is 8.55. The summed E-state index contributed by atoms with van der Waals surface area (Å²) in [6.45, 7) is 2.14. The standard InChI is InChI=1S/C19H18N2O2S/c1-13-12-24-19(21-13)16-9-7-15(8-10-16)18(23)20-11-17(22)14-5-3-2-4-6-14/h2-10,12,17,22H,11H2,1H3,(H,20,23)/t17-/m0/s1. The highest BCUT2D eigenvalue weighted by Gasteiger charge is 2.11. The molecule has 0 aliphatic rings. The first-order valence-electron chi connectivity index (χ1n) is 7.67. The van der Waals surface area contributed by atoms with E-state index >= 15 is 0 Å². The summed E-state index contributed by atoms with van der Waals surface area (Å²) in [5, 5.41) is 15.8. The molecular formula is C19H18N2O2S. The zero-order valence-electron chi connectivity index (χ0n) is 13.3. The molecule has 2 N–H and O–H groups in total. The van der Waals surface area contributed by atoms with Gasteiger partial charge in [-0.15, -0.1) is 11.3 Å². The third-order valence-corrected chi connectivity index (χ3v) is 4.66. The summed E-state index contributed by atoms with van der Waals surface area (Å²) in [5.41, 5.74) is 3.33. The molecule has 0 aliphatic carbocycles. The molecule has 3 aromatic rings. The molecule has 1 atom stereocenters. The Bertz CT molecular complexity index is 813. The zero-order chi connectivity index (χ0) is 16.9. The van der Waals surface area contributed by atoms with Crippen LogP contribution in [0.25, 0.3) is 10.6 Å². The number of carbonyl (C=O) groups excluding carboxylic acids is 1. The van der Waals surface area contributed by atoms with Gasteiger partial charge >= 0.3 is 0 Å². The third kappa shape index (κ3) is 3.88. The van der Waals surface area contributed by atoms with E-state index in [2.05, 4.69) is 10.3 Å². The molecule has 4 nitrogen and oxygen atoms in total. The molecule has 0 saturated heterocycles. The molecule has 1 amide bonds. The fraction of sp³-hybridized carbons (Fsp3) is 0.158. The molecular weight excluding hydrogens is 320 g/mol. The van der Waals surface area contributed by atoms with Crippen molar-refractivity contribution in [2.45, 2.75) is 13.0 Å². The van der Waals surface area contributed by atoms with Gasteiger partial charge in [0.05, 0.1) is 6.10 Å². The minimum absolute atomic E-state index is 0.177. The Morgan fingerprint density at radius 2 is 1.88 bits per heavy atom. The third-order valence-electron chi connectivity index (χ3n) is 3.65. The second-order valence-corrected chi connectivity index (χ2v) is 6.37. The molecule has 0 saturated carbocycles. The van der Waals surface area contributed by atoms with Gasteiger partial charge in [-0.3, -0.25) is 4.79 Å². The van der Waals surface area contributed by atoms with Gasteiger partial charge in [-0.05, 0) is 24.6 Å². The van der Waals surface area contributed by atoms with Crippen LogP contribution in [-0.4, -0.2) is 22.5 Å². The van der Waals surface area contributed by atoms with Crippen molar-refractivity contribution in [2.75, 3.05) is 6.54 Å². The maximum Gasteiger partial charge on any atom is 0.251 e. The molecule has 24 heavy (non-hydrogen) atoms. The number of aliphatic hydroxyl groups excluding tert-OH is 1. The van der Waals surface area contributed by atoms with Gasteiger partial charge in [0.15, 0.2) is 0 Å². The number of nitrogens with zero attached hydrogens (tertiary/aromatic N) is 1. The predicted octanol–water partition coefficient (Wildman–Crippen LogP) is 3.58. The Morgan fingerprint density at radius 3 is 2.50 bits per heavy atom. The lowest BCUT2D eigenvalue weighted by Crippen LogP contribution is -2.28. The molecule has 2 aromatic carbocycles. The number of nitrogens with one attached hydrogen (secondary N) is 1. The fourth-order valence-corrected chi connectivity index (χ4v) is 3.14. The number of benzene rings is 2. The second kappa shape index (κ2) is 7.38. The lowest BCUT2D eigenvalue weighted by molar-refractivity contribution is 0.0916. The van der Waals surface area contributed by atoms with E-state index in [-0.39, 0.29) is 12.5 Å². The zero-order valence-corrected chi connectivity index (χ0v) is 14.1. The first-order chi connectivity index (χ1) is 11.6. The number of rotatable bonds is 5. The molecule has 122 valence electrons. The average molecular weight is 338 g/mol. The maximum absolute atomic E-state index is 12.2. The van der Waals surface area contributed by atoms with Crippen molar-refractivity contribution in [3.05, 3.63) is 76.8 Å². The number of carbonyl (C=O) groups is 1. The SMILES string of the molecule is Cc1csc(-c2ccc(C(=O)NC[C@H](O)c3ccccc3)cc2)n1. The Labute approximate surface area is 144 Å². The quantitative estimate of drug-likeness (QED) is 0.747.